The number of ether oxygens (including phenoxy) is 1. The lowest BCUT2D eigenvalue weighted by Crippen LogP contribution is -2.33. The van der Waals surface area contributed by atoms with Gasteiger partial charge in [0, 0.05) is 22.3 Å². The molecule has 1 aromatic rings. The van der Waals surface area contributed by atoms with Gasteiger partial charge in [0.1, 0.15) is 0 Å². The molecule has 18 heavy (non-hydrogen) atoms. The summed E-state index contributed by atoms with van der Waals surface area (Å²) in [4.78, 5) is 11.8. The van der Waals surface area contributed by atoms with Gasteiger partial charge in [0.2, 0.25) is 5.91 Å². The Morgan fingerprint density at radius 1 is 1.50 bits per heavy atom. The second-order valence-electron chi connectivity index (χ2n) is 4.68. The summed E-state index contributed by atoms with van der Waals surface area (Å²) in [6.45, 7) is 2.78. The Morgan fingerprint density at radius 3 is 2.94 bits per heavy atom. The number of halogens is 1. The van der Waals surface area contributed by atoms with Crippen LogP contribution in [0.5, 0.6) is 0 Å². The van der Waals surface area contributed by atoms with E-state index in [4.69, 9.17) is 4.74 Å². The summed E-state index contributed by atoms with van der Waals surface area (Å²) < 4.78 is 6.62. The van der Waals surface area contributed by atoms with Crippen LogP contribution in [0.1, 0.15) is 26.2 Å². The van der Waals surface area contributed by atoms with Crippen LogP contribution < -0.4 is 5.32 Å². The van der Waals surface area contributed by atoms with E-state index < -0.39 is 0 Å². The quantitative estimate of drug-likeness (QED) is 0.818. The first-order valence-corrected chi connectivity index (χ1v) is 7.42. The third-order valence-corrected chi connectivity index (χ3v) is 3.85. The zero-order valence-electron chi connectivity index (χ0n) is 10.5. The number of hydrogen-bond acceptors (Lipinski definition) is 2. The first kappa shape index (κ1) is 13.8. The molecule has 0 aliphatic heterocycles. The minimum Gasteiger partial charge on any atom is -0.378 e. The van der Waals surface area contributed by atoms with Crippen LogP contribution in [0.15, 0.2) is 24.3 Å². The molecular formula is C14H18INO2. The molecule has 1 saturated carbocycles. The Labute approximate surface area is 121 Å². The van der Waals surface area contributed by atoms with Gasteiger partial charge in [0.15, 0.2) is 0 Å². The van der Waals surface area contributed by atoms with Crippen molar-refractivity contribution >= 4 is 34.2 Å². The van der Waals surface area contributed by atoms with Gasteiger partial charge >= 0.3 is 0 Å². The van der Waals surface area contributed by atoms with Gasteiger partial charge < -0.3 is 10.1 Å². The fourth-order valence-corrected chi connectivity index (χ4v) is 2.80. The molecule has 0 bridgehead atoms. The highest BCUT2D eigenvalue weighted by Gasteiger charge is 2.30. The number of nitrogens with one attached hydrogen (secondary N) is 1. The summed E-state index contributed by atoms with van der Waals surface area (Å²) in [5.41, 5.74) is 0.882. The minimum absolute atomic E-state index is 0.108. The number of anilines is 1. The van der Waals surface area contributed by atoms with Crippen molar-refractivity contribution in [1.82, 2.24) is 0 Å². The van der Waals surface area contributed by atoms with Crippen LogP contribution in [0.4, 0.5) is 5.69 Å². The lowest BCUT2D eigenvalue weighted by atomic mass is 9.80. The van der Waals surface area contributed by atoms with E-state index in [1.807, 2.05) is 31.2 Å². The second-order valence-corrected chi connectivity index (χ2v) is 5.92. The molecule has 1 fully saturated rings. The molecule has 3 nitrogen and oxygen atoms in total. The van der Waals surface area contributed by atoms with Crippen molar-refractivity contribution < 1.29 is 9.53 Å². The SMILES string of the molecule is CCOC1CC(CC(=O)Nc2cccc(I)c2)C1. The van der Waals surface area contributed by atoms with E-state index in [9.17, 15) is 4.79 Å². The van der Waals surface area contributed by atoms with Gasteiger partial charge in [-0.25, -0.2) is 0 Å². The largest absolute Gasteiger partial charge is 0.378 e. The van der Waals surface area contributed by atoms with E-state index in [1.54, 1.807) is 0 Å². The highest BCUT2D eigenvalue weighted by atomic mass is 127. The predicted octanol–water partition coefficient (Wildman–Crippen LogP) is 3.43. The lowest BCUT2D eigenvalue weighted by molar-refractivity contribution is -0.119. The zero-order valence-corrected chi connectivity index (χ0v) is 12.6. The molecule has 0 unspecified atom stereocenters. The summed E-state index contributed by atoms with van der Waals surface area (Å²) in [5.74, 6) is 0.598. The Balaban J connectivity index is 1.73. The lowest BCUT2D eigenvalue weighted by Gasteiger charge is -2.34. The molecular weight excluding hydrogens is 341 g/mol. The molecule has 1 aliphatic carbocycles. The van der Waals surface area contributed by atoms with E-state index in [0.29, 0.717) is 18.4 Å². The van der Waals surface area contributed by atoms with Crippen molar-refractivity contribution in [3.8, 4) is 0 Å². The van der Waals surface area contributed by atoms with E-state index in [0.717, 1.165) is 28.7 Å². The third kappa shape index (κ3) is 3.95. The number of carbonyl (C=O) groups excluding carboxylic acids is 1. The summed E-state index contributed by atoms with van der Waals surface area (Å²) in [6, 6.07) is 7.85. The van der Waals surface area contributed by atoms with Crippen LogP contribution in [0.2, 0.25) is 0 Å². The highest BCUT2D eigenvalue weighted by Crippen LogP contribution is 2.32. The maximum Gasteiger partial charge on any atom is 0.224 e. The second kappa shape index (κ2) is 6.52. The van der Waals surface area contributed by atoms with Crippen LogP contribution in [-0.4, -0.2) is 18.6 Å². The molecule has 1 amide bonds. The van der Waals surface area contributed by atoms with E-state index in [2.05, 4.69) is 27.9 Å². The Bertz CT molecular complexity index is 416. The average molecular weight is 359 g/mol. The number of benzene rings is 1. The van der Waals surface area contributed by atoms with E-state index in [1.165, 1.54) is 0 Å². The van der Waals surface area contributed by atoms with Crippen molar-refractivity contribution in [3.63, 3.8) is 0 Å². The Kier molecular flexibility index (Phi) is 5.00. The maximum atomic E-state index is 11.8. The van der Waals surface area contributed by atoms with Gasteiger partial charge in [-0.1, -0.05) is 6.07 Å². The van der Waals surface area contributed by atoms with Gasteiger partial charge in [-0.15, -0.1) is 0 Å². The number of rotatable bonds is 5. The molecule has 0 radical (unpaired) electrons. The van der Waals surface area contributed by atoms with Gasteiger partial charge in [0.25, 0.3) is 0 Å². The van der Waals surface area contributed by atoms with Gasteiger partial charge in [-0.2, -0.15) is 0 Å². The molecule has 0 spiro atoms. The van der Waals surface area contributed by atoms with Crippen molar-refractivity contribution in [2.45, 2.75) is 32.3 Å². The number of hydrogen-bond donors (Lipinski definition) is 1. The molecule has 0 atom stereocenters. The molecule has 2 rings (SSSR count). The third-order valence-electron chi connectivity index (χ3n) is 3.18. The number of amides is 1. The molecule has 1 aliphatic rings. The molecule has 0 saturated heterocycles. The van der Waals surface area contributed by atoms with Crippen molar-refractivity contribution in [2.75, 3.05) is 11.9 Å². The van der Waals surface area contributed by atoms with Gasteiger partial charge in [-0.3, -0.25) is 4.79 Å². The van der Waals surface area contributed by atoms with Crippen molar-refractivity contribution in [2.24, 2.45) is 5.92 Å². The molecule has 4 heteroatoms. The molecule has 0 heterocycles. The monoisotopic (exact) mass is 359 g/mol. The van der Waals surface area contributed by atoms with E-state index >= 15 is 0 Å². The Hall–Kier alpha value is -0.620. The normalized spacial score (nSPS) is 22.3. The Morgan fingerprint density at radius 2 is 2.28 bits per heavy atom. The first-order chi connectivity index (χ1) is 8.67. The fourth-order valence-electron chi connectivity index (χ4n) is 2.25. The standard InChI is InChI=1S/C14H18INO2/c1-2-18-13-6-10(7-13)8-14(17)16-12-5-3-4-11(15)9-12/h3-5,9-10,13H,2,6-8H2,1H3,(H,16,17). The van der Waals surface area contributed by atoms with Crippen molar-refractivity contribution in [1.29, 1.82) is 0 Å². The van der Waals surface area contributed by atoms with E-state index in [-0.39, 0.29) is 5.91 Å². The highest BCUT2D eigenvalue weighted by molar-refractivity contribution is 14.1. The fraction of sp³-hybridized carbons (Fsp3) is 0.500. The molecule has 0 aromatic heterocycles. The average Bonchev–Trinajstić information content (AvgIpc) is 2.26. The van der Waals surface area contributed by atoms with Crippen LogP contribution in [0.3, 0.4) is 0 Å². The van der Waals surface area contributed by atoms with Gasteiger partial charge in [-0.05, 0) is 66.5 Å². The predicted molar refractivity (Wildman–Crippen MR) is 80.5 cm³/mol. The van der Waals surface area contributed by atoms with Crippen LogP contribution >= 0.6 is 22.6 Å². The molecule has 1 N–H and O–H groups in total. The van der Waals surface area contributed by atoms with Crippen LogP contribution in [0.25, 0.3) is 0 Å². The summed E-state index contributed by atoms with van der Waals surface area (Å²) >= 11 is 2.24. The molecule has 1 aromatic carbocycles. The minimum atomic E-state index is 0.108. The summed E-state index contributed by atoms with van der Waals surface area (Å²) in [7, 11) is 0. The molecule has 98 valence electrons. The van der Waals surface area contributed by atoms with Crippen LogP contribution in [0, 0.1) is 9.49 Å². The number of carbonyl (C=O) groups is 1. The van der Waals surface area contributed by atoms with Crippen molar-refractivity contribution in [3.05, 3.63) is 27.8 Å². The van der Waals surface area contributed by atoms with Crippen LogP contribution in [-0.2, 0) is 9.53 Å². The first-order valence-electron chi connectivity index (χ1n) is 6.34. The summed E-state index contributed by atoms with van der Waals surface area (Å²) in [5, 5.41) is 2.94. The topological polar surface area (TPSA) is 38.3 Å². The summed E-state index contributed by atoms with van der Waals surface area (Å²) in [6.07, 6.45) is 3.03. The smallest absolute Gasteiger partial charge is 0.224 e. The van der Waals surface area contributed by atoms with Gasteiger partial charge in [0.05, 0.1) is 6.10 Å². The zero-order chi connectivity index (χ0) is 13.0. The maximum absolute atomic E-state index is 11.8.